The van der Waals surface area contributed by atoms with Crippen molar-refractivity contribution in [3.05, 3.63) is 29.3 Å². The number of nitrogens with zero attached hydrogens (tertiary/aromatic N) is 1. The Bertz CT molecular complexity index is 546. The second-order valence-corrected chi connectivity index (χ2v) is 5.47. The van der Waals surface area contributed by atoms with Gasteiger partial charge in [0, 0.05) is 31.2 Å². The van der Waals surface area contributed by atoms with Crippen LogP contribution in [0.3, 0.4) is 0 Å². The first kappa shape index (κ1) is 13.3. The van der Waals surface area contributed by atoms with Crippen molar-refractivity contribution in [3.8, 4) is 0 Å². The lowest BCUT2D eigenvalue weighted by atomic mass is 10.1. The molecule has 108 valence electrons. The zero-order chi connectivity index (χ0) is 14.3. The third-order valence-corrected chi connectivity index (χ3v) is 3.93. The molecule has 0 aromatic heterocycles. The van der Waals surface area contributed by atoms with Crippen molar-refractivity contribution in [2.24, 2.45) is 0 Å². The zero-order valence-electron chi connectivity index (χ0n) is 10.9. The van der Waals surface area contributed by atoms with E-state index in [-0.39, 0.29) is 11.7 Å². The van der Waals surface area contributed by atoms with Gasteiger partial charge in [0.1, 0.15) is 11.6 Å². The molecule has 2 aliphatic rings. The number of likely N-dealkylation sites (tertiary alicyclic amines) is 1. The van der Waals surface area contributed by atoms with E-state index in [1.807, 2.05) is 0 Å². The van der Waals surface area contributed by atoms with Crippen LogP contribution in [-0.2, 0) is 0 Å². The van der Waals surface area contributed by atoms with E-state index in [0.29, 0.717) is 12.1 Å². The highest BCUT2D eigenvalue weighted by atomic mass is 19.1. The van der Waals surface area contributed by atoms with Crippen molar-refractivity contribution in [3.63, 3.8) is 0 Å². The van der Waals surface area contributed by atoms with E-state index in [0.717, 1.165) is 25.6 Å². The first-order valence-electron chi connectivity index (χ1n) is 6.77. The van der Waals surface area contributed by atoms with Gasteiger partial charge in [0.15, 0.2) is 0 Å². The lowest BCUT2D eigenvalue weighted by Crippen LogP contribution is -2.28. The number of aromatic carboxylic acids is 1. The molecule has 1 atom stereocenters. The molecule has 1 aromatic rings. The van der Waals surface area contributed by atoms with Crippen LogP contribution >= 0.6 is 0 Å². The van der Waals surface area contributed by atoms with E-state index >= 15 is 0 Å². The zero-order valence-corrected chi connectivity index (χ0v) is 10.9. The van der Waals surface area contributed by atoms with Gasteiger partial charge in [0.05, 0.1) is 11.3 Å². The Morgan fingerprint density at radius 1 is 1.25 bits per heavy atom. The molecule has 1 aliphatic carbocycles. The standard InChI is InChI=1S/C14H16F2N2O2/c15-11-6-12(16)13(5-10(11)14(19)20)17-8-3-4-18(7-8)9-1-2-9/h5-6,8-9,17H,1-4,7H2,(H,19,20). The van der Waals surface area contributed by atoms with Gasteiger partial charge in [0.2, 0.25) is 0 Å². The van der Waals surface area contributed by atoms with Gasteiger partial charge >= 0.3 is 5.97 Å². The molecule has 0 spiro atoms. The minimum atomic E-state index is -1.39. The molecule has 1 saturated carbocycles. The molecule has 0 amide bonds. The summed E-state index contributed by atoms with van der Waals surface area (Å²) in [6, 6.07) is 2.40. The maximum atomic E-state index is 13.7. The molecule has 2 fully saturated rings. The van der Waals surface area contributed by atoms with E-state index in [9.17, 15) is 13.6 Å². The fourth-order valence-corrected chi connectivity index (χ4v) is 2.72. The SMILES string of the molecule is O=C(O)c1cc(NC2CCN(C3CC3)C2)c(F)cc1F. The number of carboxylic acids is 1. The summed E-state index contributed by atoms with van der Waals surface area (Å²) in [5, 5.41) is 11.9. The van der Waals surface area contributed by atoms with Gasteiger partial charge in [-0.05, 0) is 25.3 Å². The van der Waals surface area contributed by atoms with Crippen LogP contribution in [0.4, 0.5) is 14.5 Å². The second-order valence-electron chi connectivity index (χ2n) is 5.47. The predicted molar refractivity (Wildman–Crippen MR) is 69.9 cm³/mol. The van der Waals surface area contributed by atoms with Crippen LogP contribution in [0.25, 0.3) is 0 Å². The number of carboxylic acid groups (broad SMARTS) is 1. The summed E-state index contributed by atoms with van der Waals surface area (Å²) in [5.41, 5.74) is -0.447. The van der Waals surface area contributed by atoms with E-state index in [1.165, 1.54) is 12.8 Å². The Balaban J connectivity index is 1.73. The van der Waals surface area contributed by atoms with E-state index in [4.69, 9.17) is 5.11 Å². The average Bonchev–Trinajstić information content (AvgIpc) is 3.13. The lowest BCUT2D eigenvalue weighted by Gasteiger charge is -2.17. The number of halogens is 2. The minimum Gasteiger partial charge on any atom is -0.478 e. The third-order valence-electron chi connectivity index (χ3n) is 3.93. The van der Waals surface area contributed by atoms with Crippen molar-refractivity contribution < 1.29 is 18.7 Å². The molecule has 4 nitrogen and oxygen atoms in total. The van der Waals surface area contributed by atoms with Crippen molar-refractivity contribution in [1.82, 2.24) is 4.90 Å². The highest BCUT2D eigenvalue weighted by Gasteiger charge is 2.34. The van der Waals surface area contributed by atoms with Crippen LogP contribution < -0.4 is 5.32 Å². The van der Waals surface area contributed by atoms with Crippen LogP contribution in [-0.4, -0.2) is 41.1 Å². The quantitative estimate of drug-likeness (QED) is 0.890. The van der Waals surface area contributed by atoms with Crippen molar-refractivity contribution in [1.29, 1.82) is 0 Å². The first-order valence-corrected chi connectivity index (χ1v) is 6.77. The van der Waals surface area contributed by atoms with Gasteiger partial charge in [-0.1, -0.05) is 0 Å². The Kier molecular flexibility index (Phi) is 3.33. The average molecular weight is 282 g/mol. The predicted octanol–water partition coefficient (Wildman–Crippen LogP) is 2.31. The minimum absolute atomic E-state index is 0.0615. The summed E-state index contributed by atoms with van der Waals surface area (Å²) in [4.78, 5) is 13.2. The Morgan fingerprint density at radius 3 is 2.65 bits per heavy atom. The van der Waals surface area contributed by atoms with Crippen LogP contribution in [0.15, 0.2) is 12.1 Å². The number of carbonyl (C=O) groups is 1. The van der Waals surface area contributed by atoms with E-state index in [2.05, 4.69) is 10.2 Å². The molecule has 20 heavy (non-hydrogen) atoms. The molecule has 6 heteroatoms. The largest absolute Gasteiger partial charge is 0.478 e. The Hall–Kier alpha value is -1.69. The monoisotopic (exact) mass is 282 g/mol. The number of hydrogen-bond donors (Lipinski definition) is 2. The normalized spacial score (nSPS) is 23.0. The van der Waals surface area contributed by atoms with Gasteiger partial charge in [0.25, 0.3) is 0 Å². The van der Waals surface area contributed by atoms with Crippen LogP contribution in [0, 0.1) is 11.6 Å². The molecular weight excluding hydrogens is 266 g/mol. The van der Waals surface area contributed by atoms with Gasteiger partial charge < -0.3 is 10.4 Å². The summed E-state index contributed by atoms with van der Waals surface area (Å²) >= 11 is 0. The third kappa shape index (κ3) is 2.60. The Morgan fingerprint density at radius 2 is 2.00 bits per heavy atom. The van der Waals surface area contributed by atoms with Crippen molar-refractivity contribution in [2.75, 3.05) is 18.4 Å². The maximum Gasteiger partial charge on any atom is 0.338 e. The van der Waals surface area contributed by atoms with Crippen LogP contribution in [0.2, 0.25) is 0 Å². The second kappa shape index (κ2) is 5.01. The molecular formula is C14H16F2N2O2. The maximum absolute atomic E-state index is 13.7. The molecule has 1 heterocycles. The summed E-state index contributed by atoms with van der Waals surface area (Å²) < 4.78 is 27.0. The molecule has 1 aliphatic heterocycles. The fraction of sp³-hybridized carbons (Fsp3) is 0.500. The fourth-order valence-electron chi connectivity index (χ4n) is 2.72. The van der Waals surface area contributed by atoms with E-state index < -0.39 is 23.2 Å². The summed E-state index contributed by atoms with van der Waals surface area (Å²) in [5.74, 6) is -3.19. The highest BCUT2D eigenvalue weighted by molar-refractivity contribution is 5.89. The molecule has 2 N–H and O–H groups in total. The number of benzene rings is 1. The molecule has 3 rings (SSSR count). The highest BCUT2D eigenvalue weighted by Crippen LogP contribution is 2.31. The molecule has 0 radical (unpaired) electrons. The van der Waals surface area contributed by atoms with Crippen LogP contribution in [0.1, 0.15) is 29.6 Å². The lowest BCUT2D eigenvalue weighted by molar-refractivity contribution is 0.0692. The van der Waals surface area contributed by atoms with Crippen molar-refractivity contribution >= 4 is 11.7 Å². The Labute approximate surface area is 115 Å². The van der Waals surface area contributed by atoms with E-state index in [1.54, 1.807) is 0 Å². The summed E-state index contributed by atoms with van der Waals surface area (Å²) in [6.07, 6.45) is 3.33. The topological polar surface area (TPSA) is 52.6 Å². The number of hydrogen-bond acceptors (Lipinski definition) is 3. The summed E-state index contributed by atoms with van der Waals surface area (Å²) in [7, 11) is 0. The number of rotatable bonds is 4. The molecule has 0 bridgehead atoms. The number of nitrogens with one attached hydrogen (secondary N) is 1. The van der Waals surface area contributed by atoms with Gasteiger partial charge in [-0.3, -0.25) is 4.90 Å². The number of anilines is 1. The van der Waals surface area contributed by atoms with Gasteiger partial charge in [-0.15, -0.1) is 0 Å². The van der Waals surface area contributed by atoms with Gasteiger partial charge in [-0.2, -0.15) is 0 Å². The molecule has 1 saturated heterocycles. The van der Waals surface area contributed by atoms with Crippen molar-refractivity contribution in [2.45, 2.75) is 31.3 Å². The smallest absolute Gasteiger partial charge is 0.338 e. The first-order chi connectivity index (χ1) is 9.54. The van der Waals surface area contributed by atoms with Gasteiger partial charge in [-0.25, -0.2) is 13.6 Å². The van der Waals surface area contributed by atoms with Crippen LogP contribution in [0.5, 0.6) is 0 Å². The molecule has 1 aromatic carbocycles. The molecule has 1 unspecified atom stereocenters. The summed E-state index contributed by atoms with van der Waals surface area (Å²) in [6.45, 7) is 1.79.